The number of amides is 2. The van der Waals surface area contributed by atoms with Gasteiger partial charge in [-0.15, -0.1) is 0 Å². The molecule has 3 aromatic carbocycles. The molecular formula is C27H29N3O2. The third-order valence-corrected chi connectivity index (χ3v) is 5.73. The summed E-state index contributed by atoms with van der Waals surface area (Å²) in [5, 5.41) is 5.99. The normalized spacial score (nSPS) is 13.4. The van der Waals surface area contributed by atoms with Gasteiger partial charge in [0.05, 0.1) is 12.0 Å². The first kappa shape index (κ1) is 21.6. The fourth-order valence-corrected chi connectivity index (χ4v) is 4.07. The summed E-state index contributed by atoms with van der Waals surface area (Å²) in [6.45, 7) is 2.35. The monoisotopic (exact) mass is 427 g/mol. The first-order chi connectivity index (χ1) is 15.7. The minimum Gasteiger partial charge on any atom is -0.371 e. The average Bonchev–Trinajstić information content (AvgIpc) is 2.84. The highest BCUT2D eigenvalue weighted by atomic mass is 16.2. The van der Waals surface area contributed by atoms with E-state index in [-0.39, 0.29) is 11.8 Å². The van der Waals surface area contributed by atoms with Gasteiger partial charge in [0.1, 0.15) is 0 Å². The topological polar surface area (TPSA) is 61.4 Å². The van der Waals surface area contributed by atoms with Crippen LogP contribution in [0.1, 0.15) is 40.7 Å². The molecular weight excluding hydrogens is 398 g/mol. The maximum absolute atomic E-state index is 13.2. The maximum atomic E-state index is 13.2. The van der Waals surface area contributed by atoms with Crippen molar-refractivity contribution in [2.45, 2.75) is 32.2 Å². The zero-order chi connectivity index (χ0) is 22.2. The molecule has 0 aliphatic carbocycles. The molecule has 0 aromatic heterocycles. The predicted octanol–water partition coefficient (Wildman–Crippen LogP) is 4.79. The molecule has 0 bridgehead atoms. The van der Waals surface area contributed by atoms with Crippen LogP contribution in [0, 0.1) is 0 Å². The lowest BCUT2D eigenvalue weighted by molar-refractivity contribution is -0.115. The first-order valence-electron chi connectivity index (χ1n) is 11.2. The molecule has 2 N–H and O–H groups in total. The van der Waals surface area contributed by atoms with E-state index in [9.17, 15) is 9.59 Å². The lowest BCUT2D eigenvalue weighted by Crippen LogP contribution is -2.32. The molecule has 4 rings (SSSR count). The molecule has 1 aliphatic rings. The molecule has 5 heteroatoms. The lowest BCUT2D eigenvalue weighted by atomic mass is 10.1. The van der Waals surface area contributed by atoms with Crippen molar-refractivity contribution in [3.63, 3.8) is 0 Å². The molecule has 1 saturated heterocycles. The minimum absolute atomic E-state index is 0.0995. The van der Waals surface area contributed by atoms with Crippen molar-refractivity contribution in [1.82, 2.24) is 5.32 Å². The van der Waals surface area contributed by atoms with Crippen molar-refractivity contribution in [2.75, 3.05) is 23.3 Å². The van der Waals surface area contributed by atoms with E-state index in [2.05, 4.69) is 15.5 Å². The summed E-state index contributed by atoms with van der Waals surface area (Å²) in [6.07, 6.45) is 3.77. The Kier molecular flexibility index (Phi) is 7.18. The van der Waals surface area contributed by atoms with Crippen molar-refractivity contribution < 1.29 is 9.59 Å². The Labute approximate surface area is 189 Å². The SMILES string of the molecule is O=C(Cc1ccccc1)Nc1ccc(N2CCCCC2)c(C(=O)NCc2ccccc2)c1. The number of anilines is 2. The lowest BCUT2D eigenvalue weighted by Gasteiger charge is -2.30. The Morgan fingerprint density at radius 2 is 1.44 bits per heavy atom. The Hall–Kier alpha value is -3.60. The zero-order valence-electron chi connectivity index (χ0n) is 18.2. The molecule has 0 spiro atoms. The second-order valence-electron chi connectivity index (χ2n) is 8.16. The van der Waals surface area contributed by atoms with Crippen LogP contribution in [0.4, 0.5) is 11.4 Å². The van der Waals surface area contributed by atoms with Gasteiger partial charge in [0.15, 0.2) is 0 Å². The predicted molar refractivity (Wildman–Crippen MR) is 129 cm³/mol. The molecule has 32 heavy (non-hydrogen) atoms. The quantitative estimate of drug-likeness (QED) is 0.570. The van der Waals surface area contributed by atoms with E-state index < -0.39 is 0 Å². The summed E-state index contributed by atoms with van der Waals surface area (Å²) in [4.78, 5) is 28.0. The number of hydrogen-bond acceptors (Lipinski definition) is 3. The van der Waals surface area contributed by atoms with E-state index in [4.69, 9.17) is 0 Å². The van der Waals surface area contributed by atoms with Gasteiger partial charge in [0, 0.05) is 31.0 Å². The standard InChI is InChI=1S/C27H29N3O2/c31-26(18-21-10-4-1-5-11-21)29-23-14-15-25(30-16-8-3-9-17-30)24(19-23)27(32)28-20-22-12-6-2-7-13-22/h1-2,4-7,10-15,19H,3,8-9,16-18,20H2,(H,28,32)(H,29,31). The van der Waals surface area contributed by atoms with Crippen LogP contribution >= 0.6 is 0 Å². The fourth-order valence-electron chi connectivity index (χ4n) is 4.07. The molecule has 0 saturated carbocycles. The number of nitrogens with one attached hydrogen (secondary N) is 2. The summed E-state index contributed by atoms with van der Waals surface area (Å²) in [6, 6.07) is 25.2. The van der Waals surface area contributed by atoms with Gasteiger partial charge in [0.25, 0.3) is 5.91 Å². The highest BCUT2D eigenvalue weighted by Crippen LogP contribution is 2.27. The van der Waals surface area contributed by atoms with Gasteiger partial charge >= 0.3 is 0 Å². The van der Waals surface area contributed by atoms with Gasteiger partial charge in [-0.3, -0.25) is 9.59 Å². The first-order valence-corrected chi connectivity index (χ1v) is 11.2. The molecule has 5 nitrogen and oxygen atoms in total. The molecule has 3 aromatic rings. The molecule has 1 aliphatic heterocycles. The number of benzene rings is 3. The van der Waals surface area contributed by atoms with Crippen LogP contribution in [0.25, 0.3) is 0 Å². The number of carbonyl (C=O) groups excluding carboxylic acids is 2. The van der Waals surface area contributed by atoms with Crippen LogP contribution in [-0.4, -0.2) is 24.9 Å². The second kappa shape index (κ2) is 10.6. The van der Waals surface area contributed by atoms with Gasteiger partial charge in [-0.1, -0.05) is 60.7 Å². The Bertz CT molecular complexity index is 1050. The number of rotatable bonds is 7. The van der Waals surface area contributed by atoms with E-state index in [0.29, 0.717) is 24.2 Å². The maximum Gasteiger partial charge on any atom is 0.253 e. The number of nitrogens with zero attached hydrogens (tertiary/aromatic N) is 1. The Morgan fingerprint density at radius 1 is 0.781 bits per heavy atom. The smallest absolute Gasteiger partial charge is 0.253 e. The van der Waals surface area contributed by atoms with E-state index in [1.165, 1.54) is 6.42 Å². The molecule has 0 unspecified atom stereocenters. The third kappa shape index (κ3) is 5.76. The summed E-state index contributed by atoms with van der Waals surface area (Å²) >= 11 is 0. The van der Waals surface area contributed by atoms with Crippen LogP contribution in [0.15, 0.2) is 78.9 Å². The number of piperidine rings is 1. The Balaban J connectivity index is 1.52. The fraction of sp³-hybridized carbons (Fsp3) is 0.259. The van der Waals surface area contributed by atoms with Gasteiger partial charge in [-0.25, -0.2) is 0 Å². The Morgan fingerprint density at radius 3 is 2.12 bits per heavy atom. The van der Waals surface area contributed by atoms with E-state index >= 15 is 0 Å². The molecule has 0 atom stereocenters. The van der Waals surface area contributed by atoms with Gasteiger partial charge < -0.3 is 15.5 Å². The van der Waals surface area contributed by atoms with Crippen LogP contribution in [0.2, 0.25) is 0 Å². The highest BCUT2D eigenvalue weighted by Gasteiger charge is 2.19. The minimum atomic E-state index is -0.131. The second-order valence-corrected chi connectivity index (χ2v) is 8.16. The van der Waals surface area contributed by atoms with Crippen molar-refractivity contribution >= 4 is 23.2 Å². The molecule has 0 radical (unpaired) electrons. The van der Waals surface area contributed by atoms with Crippen molar-refractivity contribution in [1.29, 1.82) is 0 Å². The molecule has 2 amide bonds. The van der Waals surface area contributed by atoms with Crippen LogP contribution in [-0.2, 0) is 17.8 Å². The van der Waals surface area contributed by atoms with Crippen molar-refractivity contribution in [3.05, 3.63) is 95.6 Å². The van der Waals surface area contributed by atoms with Crippen molar-refractivity contribution in [3.8, 4) is 0 Å². The highest BCUT2D eigenvalue weighted by molar-refractivity contribution is 6.02. The summed E-state index contributed by atoms with van der Waals surface area (Å²) in [5.74, 6) is -0.230. The van der Waals surface area contributed by atoms with E-state index in [1.54, 1.807) is 6.07 Å². The van der Waals surface area contributed by atoms with E-state index in [1.807, 2.05) is 72.8 Å². The molecule has 1 heterocycles. The number of hydrogen-bond donors (Lipinski definition) is 2. The van der Waals surface area contributed by atoms with Crippen molar-refractivity contribution in [2.24, 2.45) is 0 Å². The van der Waals surface area contributed by atoms with E-state index in [0.717, 1.165) is 42.7 Å². The summed E-state index contributed by atoms with van der Waals surface area (Å²) < 4.78 is 0. The van der Waals surface area contributed by atoms with Gasteiger partial charge in [-0.2, -0.15) is 0 Å². The van der Waals surface area contributed by atoms with Gasteiger partial charge in [-0.05, 0) is 48.6 Å². The summed E-state index contributed by atoms with van der Waals surface area (Å²) in [5.41, 5.74) is 4.16. The van der Waals surface area contributed by atoms with Crippen LogP contribution in [0.5, 0.6) is 0 Å². The van der Waals surface area contributed by atoms with Gasteiger partial charge in [0.2, 0.25) is 5.91 Å². The summed E-state index contributed by atoms with van der Waals surface area (Å²) in [7, 11) is 0. The zero-order valence-corrected chi connectivity index (χ0v) is 18.2. The van der Waals surface area contributed by atoms with Crippen LogP contribution < -0.4 is 15.5 Å². The molecule has 164 valence electrons. The average molecular weight is 428 g/mol. The molecule has 1 fully saturated rings. The van der Waals surface area contributed by atoms with Crippen LogP contribution in [0.3, 0.4) is 0 Å². The largest absolute Gasteiger partial charge is 0.371 e. The third-order valence-electron chi connectivity index (χ3n) is 5.73. The number of carbonyl (C=O) groups is 2.